The van der Waals surface area contributed by atoms with E-state index in [0.29, 0.717) is 0 Å². The van der Waals surface area contributed by atoms with Crippen LogP contribution in [-0.2, 0) is 0 Å². The molecular formula is C14H16N2S. The van der Waals surface area contributed by atoms with Crippen molar-refractivity contribution in [3.05, 3.63) is 35.5 Å². The van der Waals surface area contributed by atoms with E-state index in [-0.39, 0.29) is 0 Å². The third-order valence-corrected chi connectivity index (χ3v) is 3.54. The molecule has 1 heterocycles. The van der Waals surface area contributed by atoms with Crippen LogP contribution in [0.5, 0.6) is 0 Å². The minimum absolute atomic E-state index is 0.995. The lowest BCUT2D eigenvalue weighted by Crippen LogP contribution is -1.91. The van der Waals surface area contributed by atoms with Crippen molar-refractivity contribution in [3.63, 3.8) is 0 Å². The van der Waals surface area contributed by atoms with Crippen molar-refractivity contribution in [3.8, 4) is 0 Å². The summed E-state index contributed by atoms with van der Waals surface area (Å²) in [6, 6.07) is 8.21. The molecule has 3 heteroatoms. The Kier molecular flexibility index (Phi) is 3.48. The average Bonchev–Trinajstić information content (AvgIpc) is 2.34. The van der Waals surface area contributed by atoms with E-state index in [1.54, 1.807) is 11.8 Å². The Morgan fingerprint density at radius 3 is 2.65 bits per heavy atom. The van der Waals surface area contributed by atoms with E-state index >= 15 is 0 Å². The second-order valence-electron chi connectivity index (χ2n) is 4.02. The number of nitrogens with zero attached hydrogens (tertiary/aromatic N) is 2. The van der Waals surface area contributed by atoms with Crippen LogP contribution in [0.25, 0.3) is 10.9 Å². The quantitative estimate of drug-likeness (QED) is 0.553. The van der Waals surface area contributed by atoms with Gasteiger partial charge in [-0.1, -0.05) is 18.2 Å². The standard InChI is InChI=1S/C14H16N2S/c1-9-12-7-5-6-8-13(12)15-10(2)14(9)16-11(3)17-4/h5-8H,1-4H3/b16-11+. The fraction of sp³-hybridized carbons (Fsp3) is 0.286. The molecule has 0 amide bonds. The summed E-state index contributed by atoms with van der Waals surface area (Å²) in [7, 11) is 0. The number of hydrogen-bond donors (Lipinski definition) is 0. The van der Waals surface area contributed by atoms with Crippen LogP contribution >= 0.6 is 11.8 Å². The monoisotopic (exact) mass is 244 g/mol. The normalized spacial score (nSPS) is 12.1. The molecule has 0 atom stereocenters. The predicted octanol–water partition coefficient (Wildman–Crippen LogP) is 4.26. The minimum atomic E-state index is 0.995. The lowest BCUT2D eigenvalue weighted by atomic mass is 10.1. The van der Waals surface area contributed by atoms with Gasteiger partial charge in [-0.3, -0.25) is 4.98 Å². The summed E-state index contributed by atoms with van der Waals surface area (Å²) in [6.45, 7) is 6.16. The first-order valence-electron chi connectivity index (χ1n) is 5.58. The number of fused-ring (bicyclic) bond motifs is 1. The Balaban J connectivity index is 2.72. The molecule has 2 nitrogen and oxygen atoms in total. The van der Waals surface area contributed by atoms with Gasteiger partial charge < -0.3 is 0 Å². The largest absolute Gasteiger partial charge is 0.251 e. The number of para-hydroxylation sites is 1. The van der Waals surface area contributed by atoms with Crippen LogP contribution in [0, 0.1) is 13.8 Å². The fourth-order valence-corrected chi connectivity index (χ4v) is 2.07. The molecule has 0 unspecified atom stereocenters. The first-order valence-corrected chi connectivity index (χ1v) is 6.81. The second kappa shape index (κ2) is 4.88. The molecule has 0 radical (unpaired) electrons. The maximum atomic E-state index is 4.64. The van der Waals surface area contributed by atoms with Crippen molar-refractivity contribution in [2.75, 3.05) is 6.26 Å². The zero-order chi connectivity index (χ0) is 12.4. The van der Waals surface area contributed by atoms with Crippen molar-refractivity contribution >= 4 is 33.4 Å². The SMILES string of the molecule is CS/C(C)=N/c1c(C)nc2ccccc2c1C. The zero-order valence-electron chi connectivity index (χ0n) is 10.6. The van der Waals surface area contributed by atoms with Crippen LogP contribution in [0.1, 0.15) is 18.2 Å². The molecule has 0 spiro atoms. The Morgan fingerprint density at radius 1 is 1.24 bits per heavy atom. The fourth-order valence-electron chi connectivity index (χ4n) is 1.89. The van der Waals surface area contributed by atoms with E-state index < -0.39 is 0 Å². The van der Waals surface area contributed by atoms with Gasteiger partial charge in [0.1, 0.15) is 0 Å². The number of thioether (sulfide) groups is 1. The predicted molar refractivity (Wildman–Crippen MR) is 77.5 cm³/mol. The molecule has 2 aromatic rings. The molecule has 0 bridgehead atoms. The van der Waals surface area contributed by atoms with Crippen LogP contribution in [0.3, 0.4) is 0 Å². The molecule has 1 aromatic carbocycles. The van der Waals surface area contributed by atoms with Crippen molar-refractivity contribution in [2.45, 2.75) is 20.8 Å². The van der Waals surface area contributed by atoms with E-state index in [1.807, 2.05) is 38.3 Å². The van der Waals surface area contributed by atoms with E-state index in [2.05, 4.69) is 23.0 Å². The third-order valence-electron chi connectivity index (χ3n) is 2.86. The number of benzene rings is 1. The Labute approximate surface area is 106 Å². The van der Waals surface area contributed by atoms with Crippen LogP contribution in [0.15, 0.2) is 29.3 Å². The van der Waals surface area contributed by atoms with Gasteiger partial charge in [0.2, 0.25) is 0 Å². The first kappa shape index (κ1) is 12.1. The summed E-state index contributed by atoms with van der Waals surface area (Å²) in [6.07, 6.45) is 2.04. The average molecular weight is 244 g/mol. The molecule has 88 valence electrons. The number of hydrogen-bond acceptors (Lipinski definition) is 3. The number of rotatable bonds is 1. The van der Waals surface area contributed by atoms with Crippen LogP contribution in [0.4, 0.5) is 5.69 Å². The highest BCUT2D eigenvalue weighted by molar-refractivity contribution is 8.13. The molecule has 2 rings (SSSR count). The van der Waals surface area contributed by atoms with E-state index in [4.69, 9.17) is 0 Å². The van der Waals surface area contributed by atoms with Gasteiger partial charge in [0, 0.05) is 5.39 Å². The van der Waals surface area contributed by atoms with Gasteiger partial charge in [0.25, 0.3) is 0 Å². The van der Waals surface area contributed by atoms with Crippen LogP contribution in [0.2, 0.25) is 0 Å². The number of pyridine rings is 1. The number of aliphatic imine (C=N–C) groups is 1. The molecule has 0 aliphatic rings. The molecule has 17 heavy (non-hydrogen) atoms. The highest BCUT2D eigenvalue weighted by Gasteiger charge is 2.08. The molecule has 0 fully saturated rings. The molecule has 0 aliphatic heterocycles. The Morgan fingerprint density at radius 2 is 1.94 bits per heavy atom. The summed E-state index contributed by atoms with van der Waals surface area (Å²) in [5.41, 5.74) is 4.26. The molecule has 0 N–H and O–H groups in total. The summed E-state index contributed by atoms with van der Waals surface area (Å²) < 4.78 is 0. The van der Waals surface area contributed by atoms with Gasteiger partial charge >= 0.3 is 0 Å². The van der Waals surface area contributed by atoms with E-state index in [9.17, 15) is 0 Å². The van der Waals surface area contributed by atoms with Crippen molar-refractivity contribution < 1.29 is 0 Å². The van der Waals surface area contributed by atoms with Crippen molar-refractivity contribution in [1.29, 1.82) is 0 Å². The zero-order valence-corrected chi connectivity index (χ0v) is 11.4. The van der Waals surface area contributed by atoms with Gasteiger partial charge in [-0.25, -0.2) is 4.99 Å². The smallest absolute Gasteiger partial charge is 0.0887 e. The summed E-state index contributed by atoms with van der Waals surface area (Å²) >= 11 is 1.66. The third kappa shape index (κ3) is 2.34. The lowest BCUT2D eigenvalue weighted by Gasteiger charge is -2.09. The topological polar surface area (TPSA) is 25.2 Å². The molecule has 0 saturated carbocycles. The number of aryl methyl sites for hydroxylation is 2. The summed E-state index contributed by atoms with van der Waals surface area (Å²) in [5.74, 6) is 0. The maximum Gasteiger partial charge on any atom is 0.0887 e. The van der Waals surface area contributed by atoms with Gasteiger partial charge in [0.05, 0.1) is 21.9 Å². The minimum Gasteiger partial charge on any atom is -0.251 e. The first-order chi connectivity index (χ1) is 8.13. The van der Waals surface area contributed by atoms with Crippen molar-refractivity contribution in [2.24, 2.45) is 4.99 Å². The maximum absolute atomic E-state index is 4.64. The van der Waals surface area contributed by atoms with Gasteiger partial charge in [0.15, 0.2) is 0 Å². The van der Waals surface area contributed by atoms with Crippen LogP contribution in [-0.4, -0.2) is 16.3 Å². The second-order valence-corrected chi connectivity index (χ2v) is 5.02. The van der Waals surface area contributed by atoms with Crippen molar-refractivity contribution in [1.82, 2.24) is 4.98 Å². The molecule has 0 saturated heterocycles. The van der Waals surface area contributed by atoms with Crippen LogP contribution < -0.4 is 0 Å². The Bertz CT molecular complexity index is 588. The lowest BCUT2D eigenvalue weighted by molar-refractivity contribution is 1.21. The molecule has 1 aromatic heterocycles. The number of aromatic nitrogens is 1. The van der Waals surface area contributed by atoms with Gasteiger partial charge in [-0.2, -0.15) is 0 Å². The van der Waals surface area contributed by atoms with E-state index in [1.165, 1.54) is 10.9 Å². The molecular weight excluding hydrogens is 228 g/mol. The summed E-state index contributed by atoms with van der Waals surface area (Å²) in [4.78, 5) is 9.25. The Hall–Kier alpha value is -1.35. The highest BCUT2D eigenvalue weighted by atomic mass is 32.2. The van der Waals surface area contributed by atoms with E-state index in [0.717, 1.165) is 21.9 Å². The van der Waals surface area contributed by atoms with Gasteiger partial charge in [-0.15, -0.1) is 11.8 Å². The van der Waals surface area contributed by atoms with Gasteiger partial charge in [-0.05, 0) is 38.7 Å². The molecule has 0 aliphatic carbocycles. The summed E-state index contributed by atoms with van der Waals surface area (Å²) in [5, 5.41) is 2.25. The highest BCUT2D eigenvalue weighted by Crippen LogP contribution is 2.29.